The summed E-state index contributed by atoms with van der Waals surface area (Å²) in [7, 11) is 0. The van der Waals surface area contributed by atoms with Crippen molar-refractivity contribution in [1.82, 2.24) is 25.3 Å². The minimum Gasteiger partial charge on any atom is -0.454 e. The van der Waals surface area contributed by atoms with Crippen molar-refractivity contribution < 1.29 is 29.1 Å². The highest BCUT2D eigenvalue weighted by Gasteiger charge is 2.36. The fourth-order valence-corrected chi connectivity index (χ4v) is 5.82. The molecule has 0 bridgehead atoms. The Morgan fingerprint density at radius 3 is 2.63 bits per heavy atom. The number of hydrogen-bond acceptors (Lipinski definition) is 9. The highest BCUT2D eigenvalue weighted by atomic mass is 16.7. The van der Waals surface area contributed by atoms with Crippen LogP contribution in [0.4, 0.5) is 0 Å². The first-order valence-electron chi connectivity index (χ1n) is 13.7. The number of carbonyl (C=O) groups is 3. The fraction of sp³-hybridized carbons (Fsp3) is 0.667. The molecule has 2 amide bonds. The topological polar surface area (TPSA) is 115 Å². The standard InChI is InChI=1S/C27H41N5O6/c1-20(2)32(28-27(35)23-7-3-5-22(23)6-4-10-31(36)18-34)26(17-33)30-13-11-29(12-14-30)16-21-8-9-24-25(15-21)38-19-37-24/h8-9,15,17-18,20,22-23,26,36H,3-7,10-14,16,19H2,1-2H3,(H,28,35). The summed E-state index contributed by atoms with van der Waals surface area (Å²) >= 11 is 0. The van der Waals surface area contributed by atoms with Gasteiger partial charge in [0.1, 0.15) is 6.17 Å². The minimum absolute atomic E-state index is 0.0502. The van der Waals surface area contributed by atoms with E-state index in [9.17, 15) is 19.6 Å². The van der Waals surface area contributed by atoms with Gasteiger partial charge in [-0.3, -0.25) is 30.0 Å². The molecule has 2 N–H and O–H groups in total. The molecule has 0 radical (unpaired) electrons. The number of hydrazine groups is 1. The van der Waals surface area contributed by atoms with Crippen LogP contribution in [0.3, 0.4) is 0 Å². The number of ether oxygens (including phenoxy) is 2. The van der Waals surface area contributed by atoms with Crippen molar-refractivity contribution in [3.8, 4) is 11.5 Å². The number of hydrogen-bond donors (Lipinski definition) is 2. The molecule has 1 saturated heterocycles. The van der Waals surface area contributed by atoms with Crippen molar-refractivity contribution >= 4 is 18.6 Å². The highest BCUT2D eigenvalue weighted by Crippen LogP contribution is 2.35. The third-order valence-electron chi connectivity index (χ3n) is 7.91. The van der Waals surface area contributed by atoms with Gasteiger partial charge in [-0.1, -0.05) is 12.5 Å². The smallest absolute Gasteiger partial charge is 0.237 e. The van der Waals surface area contributed by atoms with Crippen molar-refractivity contribution in [2.24, 2.45) is 11.8 Å². The molecule has 0 aromatic heterocycles. The van der Waals surface area contributed by atoms with Gasteiger partial charge in [0.15, 0.2) is 17.8 Å². The first kappa shape index (κ1) is 28.3. The molecule has 3 aliphatic rings. The molecule has 3 unspecified atom stereocenters. The van der Waals surface area contributed by atoms with Crippen LogP contribution in [0.2, 0.25) is 0 Å². The van der Waals surface area contributed by atoms with Crippen molar-refractivity contribution in [2.75, 3.05) is 39.5 Å². The van der Waals surface area contributed by atoms with E-state index in [1.807, 2.05) is 26.0 Å². The molecule has 2 fully saturated rings. The lowest BCUT2D eigenvalue weighted by atomic mass is 9.91. The van der Waals surface area contributed by atoms with Gasteiger partial charge in [0.2, 0.25) is 19.1 Å². The van der Waals surface area contributed by atoms with E-state index in [1.165, 1.54) is 0 Å². The van der Waals surface area contributed by atoms with Crippen LogP contribution in [0.5, 0.6) is 11.5 Å². The second-order valence-corrected chi connectivity index (χ2v) is 10.7. The van der Waals surface area contributed by atoms with Gasteiger partial charge in [-0.25, -0.2) is 5.06 Å². The molecule has 0 spiro atoms. The van der Waals surface area contributed by atoms with E-state index in [0.29, 0.717) is 31.0 Å². The minimum atomic E-state index is -0.540. The Kier molecular flexibility index (Phi) is 9.95. The first-order valence-corrected chi connectivity index (χ1v) is 13.7. The quantitative estimate of drug-likeness (QED) is 0.224. The average Bonchev–Trinajstić information content (AvgIpc) is 3.58. The van der Waals surface area contributed by atoms with E-state index in [4.69, 9.17) is 9.47 Å². The molecule has 210 valence electrons. The number of rotatable bonds is 13. The molecule has 4 rings (SSSR count). The molecule has 11 nitrogen and oxygen atoms in total. The summed E-state index contributed by atoms with van der Waals surface area (Å²) in [5, 5.41) is 11.8. The van der Waals surface area contributed by atoms with Crippen LogP contribution in [-0.4, -0.2) is 95.4 Å². The van der Waals surface area contributed by atoms with Crippen LogP contribution in [-0.2, 0) is 20.9 Å². The van der Waals surface area contributed by atoms with E-state index < -0.39 is 6.17 Å². The van der Waals surface area contributed by atoms with Crippen molar-refractivity contribution in [3.63, 3.8) is 0 Å². The molecule has 2 aliphatic heterocycles. The third kappa shape index (κ3) is 7.02. The maximum atomic E-state index is 13.3. The number of hydroxylamine groups is 2. The molecule has 2 heterocycles. The van der Waals surface area contributed by atoms with Gasteiger partial charge >= 0.3 is 0 Å². The summed E-state index contributed by atoms with van der Waals surface area (Å²) in [6, 6.07) is 5.97. The zero-order valence-corrected chi connectivity index (χ0v) is 22.5. The lowest BCUT2D eigenvalue weighted by Gasteiger charge is -2.43. The largest absolute Gasteiger partial charge is 0.454 e. The predicted molar refractivity (Wildman–Crippen MR) is 139 cm³/mol. The summed E-state index contributed by atoms with van der Waals surface area (Å²) in [5.41, 5.74) is 4.25. The summed E-state index contributed by atoms with van der Waals surface area (Å²) < 4.78 is 10.9. The number of fused-ring (bicyclic) bond motifs is 1. The zero-order chi connectivity index (χ0) is 27.1. The highest BCUT2D eigenvalue weighted by molar-refractivity contribution is 5.79. The summed E-state index contributed by atoms with van der Waals surface area (Å²) in [6.07, 6.45) is 4.94. The number of nitrogens with zero attached hydrogens (tertiary/aromatic N) is 4. The fourth-order valence-electron chi connectivity index (χ4n) is 5.82. The number of aldehydes is 1. The zero-order valence-electron chi connectivity index (χ0n) is 22.5. The van der Waals surface area contributed by atoms with Crippen LogP contribution < -0.4 is 14.9 Å². The van der Waals surface area contributed by atoms with Gasteiger partial charge in [-0.15, -0.1) is 0 Å². The van der Waals surface area contributed by atoms with Crippen molar-refractivity contribution in [1.29, 1.82) is 0 Å². The Morgan fingerprint density at radius 2 is 1.92 bits per heavy atom. The summed E-state index contributed by atoms with van der Waals surface area (Å²) in [5.74, 6) is 1.59. The van der Waals surface area contributed by atoms with E-state index in [2.05, 4.69) is 21.3 Å². The van der Waals surface area contributed by atoms with Crippen molar-refractivity contribution in [3.05, 3.63) is 23.8 Å². The second-order valence-electron chi connectivity index (χ2n) is 10.7. The summed E-state index contributed by atoms with van der Waals surface area (Å²) in [4.78, 5) is 40.7. The van der Waals surface area contributed by atoms with E-state index in [1.54, 1.807) is 5.01 Å². The van der Waals surface area contributed by atoms with Crippen molar-refractivity contribution in [2.45, 2.75) is 64.7 Å². The number of carbonyl (C=O) groups excluding carboxylic acids is 3. The lowest BCUT2D eigenvalue weighted by molar-refractivity contribution is -0.150. The molecular formula is C27H41N5O6. The maximum Gasteiger partial charge on any atom is 0.237 e. The van der Waals surface area contributed by atoms with E-state index in [0.717, 1.165) is 68.7 Å². The maximum absolute atomic E-state index is 13.3. The molecule has 38 heavy (non-hydrogen) atoms. The van der Waals surface area contributed by atoms with Crippen LogP contribution in [0.15, 0.2) is 18.2 Å². The van der Waals surface area contributed by atoms with E-state index in [-0.39, 0.29) is 37.1 Å². The number of benzene rings is 1. The first-order chi connectivity index (χ1) is 18.4. The molecule has 3 atom stereocenters. The van der Waals surface area contributed by atoms with E-state index >= 15 is 0 Å². The second kappa shape index (κ2) is 13.4. The summed E-state index contributed by atoms with van der Waals surface area (Å²) in [6.45, 7) is 8.34. The number of amides is 2. The van der Waals surface area contributed by atoms with Gasteiger partial charge in [0.25, 0.3) is 0 Å². The molecule has 1 aromatic carbocycles. The monoisotopic (exact) mass is 531 g/mol. The normalized spacial score (nSPS) is 22.6. The molecular weight excluding hydrogens is 490 g/mol. The lowest BCUT2D eigenvalue weighted by Crippen LogP contribution is -2.63. The van der Waals surface area contributed by atoms with Crippen LogP contribution in [0.25, 0.3) is 0 Å². The number of nitrogens with one attached hydrogen (secondary N) is 1. The van der Waals surface area contributed by atoms with Gasteiger partial charge in [0.05, 0.1) is 0 Å². The van der Waals surface area contributed by atoms with Gasteiger partial charge in [-0.05, 0) is 63.1 Å². The Balaban J connectivity index is 1.30. The van der Waals surface area contributed by atoms with Gasteiger partial charge in [-0.2, -0.15) is 5.01 Å². The van der Waals surface area contributed by atoms with Crippen LogP contribution >= 0.6 is 0 Å². The molecule has 1 saturated carbocycles. The van der Waals surface area contributed by atoms with Gasteiger partial charge < -0.3 is 14.3 Å². The average molecular weight is 532 g/mol. The Bertz CT molecular complexity index is 954. The molecule has 1 aromatic rings. The number of piperazine rings is 1. The predicted octanol–water partition coefficient (Wildman–Crippen LogP) is 1.84. The van der Waals surface area contributed by atoms with Crippen LogP contribution in [0.1, 0.15) is 51.5 Å². The Hall–Kier alpha value is -2.73. The third-order valence-corrected chi connectivity index (χ3v) is 7.91. The molecule has 11 heteroatoms. The van der Waals surface area contributed by atoms with Gasteiger partial charge in [0, 0.05) is 51.2 Å². The Labute approximate surface area is 224 Å². The Morgan fingerprint density at radius 1 is 1.16 bits per heavy atom. The van der Waals surface area contributed by atoms with Crippen LogP contribution in [0, 0.1) is 11.8 Å². The molecule has 1 aliphatic carbocycles. The SMILES string of the molecule is CC(C)N(NC(=O)C1CCCC1CCCN(O)C=O)C(C=O)N1CCN(Cc2ccc3c(c2)OCO3)CC1.